The van der Waals surface area contributed by atoms with Crippen LogP contribution in [0.15, 0.2) is 18.2 Å². The first-order valence-electron chi connectivity index (χ1n) is 6.27. The number of alkyl halides is 1. The molecule has 1 saturated carbocycles. The van der Waals surface area contributed by atoms with E-state index in [9.17, 15) is 9.90 Å². The summed E-state index contributed by atoms with van der Waals surface area (Å²) >= 11 is 6.27. The molecule has 19 heavy (non-hydrogen) atoms. The van der Waals surface area contributed by atoms with Crippen LogP contribution in [0.1, 0.15) is 41.6 Å². The average molecular weight is 285 g/mol. The summed E-state index contributed by atoms with van der Waals surface area (Å²) in [5.41, 5.74) is -0.635. The standard InChI is InChI=1S/C14H17ClO4/c1-19-11-6-5-9(13(16)17)8-10(11)14(18)7-3-2-4-12(14)15/h5-6,8,12,18H,2-4,7H2,1H3,(H,16,17). The van der Waals surface area contributed by atoms with Crippen LogP contribution >= 0.6 is 11.6 Å². The number of hydrogen-bond donors (Lipinski definition) is 2. The normalized spacial score (nSPS) is 27.0. The predicted molar refractivity (Wildman–Crippen MR) is 72.0 cm³/mol. The molecule has 0 radical (unpaired) electrons. The molecule has 0 heterocycles. The second-order valence-electron chi connectivity index (χ2n) is 4.86. The summed E-state index contributed by atoms with van der Waals surface area (Å²) in [6.45, 7) is 0. The molecule has 0 aliphatic heterocycles. The minimum absolute atomic E-state index is 0.124. The molecular formula is C14H17ClO4. The molecule has 1 aliphatic rings. The molecule has 0 aromatic heterocycles. The van der Waals surface area contributed by atoms with Gasteiger partial charge in [0.25, 0.3) is 0 Å². The molecular weight excluding hydrogens is 268 g/mol. The van der Waals surface area contributed by atoms with Crippen molar-refractivity contribution in [3.05, 3.63) is 29.3 Å². The number of methoxy groups -OCH3 is 1. The fourth-order valence-electron chi connectivity index (χ4n) is 2.60. The van der Waals surface area contributed by atoms with Crippen molar-refractivity contribution in [2.24, 2.45) is 0 Å². The van der Waals surface area contributed by atoms with Crippen molar-refractivity contribution in [1.82, 2.24) is 0 Å². The number of ether oxygens (including phenoxy) is 1. The molecule has 0 spiro atoms. The zero-order valence-electron chi connectivity index (χ0n) is 10.7. The Morgan fingerprint density at radius 2 is 2.21 bits per heavy atom. The number of aliphatic hydroxyl groups is 1. The van der Waals surface area contributed by atoms with E-state index in [1.165, 1.54) is 19.2 Å². The highest BCUT2D eigenvalue weighted by atomic mass is 35.5. The first kappa shape index (κ1) is 14.2. The van der Waals surface area contributed by atoms with E-state index in [1.807, 2.05) is 0 Å². The molecule has 104 valence electrons. The highest BCUT2D eigenvalue weighted by Gasteiger charge is 2.41. The Balaban J connectivity index is 2.51. The van der Waals surface area contributed by atoms with Crippen molar-refractivity contribution in [1.29, 1.82) is 0 Å². The molecule has 1 aliphatic carbocycles. The van der Waals surface area contributed by atoms with E-state index in [-0.39, 0.29) is 5.56 Å². The maximum atomic E-state index is 11.1. The zero-order chi connectivity index (χ0) is 14.0. The highest BCUT2D eigenvalue weighted by molar-refractivity contribution is 6.21. The lowest BCUT2D eigenvalue weighted by molar-refractivity contribution is 0.00177. The molecule has 0 bridgehead atoms. The van der Waals surface area contributed by atoms with E-state index in [0.717, 1.165) is 12.8 Å². The number of aromatic carboxylic acids is 1. The molecule has 2 N–H and O–H groups in total. The Morgan fingerprint density at radius 3 is 2.79 bits per heavy atom. The number of carbonyl (C=O) groups is 1. The number of halogens is 1. The van der Waals surface area contributed by atoms with Crippen molar-refractivity contribution in [2.45, 2.75) is 36.7 Å². The SMILES string of the molecule is COc1ccc(C(=O)O)cc1C1(O)CCCCC1Cl. The molecule has 2 atom stereocenters. The van der Waals surface area contributed by atoms with Crippen molar-refractivity contribution in [3.8, 4) is 5.75 Å². The summed E-state index contributed by atoms with van der Waals surface area (Å²) in [5.74, 6) is -0.561. The van der Waals surface area contributed by atoms with Crippen LogP contribution in [-0.2, 0) is 5.60 Å². The minimum atomic E-state index is -1.23. The minimum Gasteiger partial charge on any atom is -0.496 e. The number of rotatable bonds is 3. The fourth-order valence-corrected chi connectivity index (χ4v) is 2.98. The maximum absolute atomic E-state index is 11.1. The quantitative estimate of drug-likeness (QED) is 0.838. The van der Waals surface area contributed by atoms with Gasteiger partial charge in [-0.3, -0.25) is 0 Å². The van der Waals surface area contributed by atoms with E-state index in [1.54, 1.807) is 6.07 Å². The third kappa shape index (κ3) is 2.55. The molecule has 2 unspecified atom stereocenters. The molecule has 4 nitrogen and oxygen atoms in total. The molecule has 0 amide bonds. The second kappa shape index (κ2) is 5.39. The van der Waals surface area contributed by atoms with Crippen LogP contribution in [0.4, 0.5) is 0 Å². The van der Waals surface area contributed by atoms with E-state index in [2.05, 4.69) is 0 Å². The number of carboxylic acid groups (broad SMARTS) is 1. The van der Waals surface area contributed by atoms with Gasteiger partial charge in [0, 0.05) is 5.56 Å². The van der Waals surface area contributed by atoms with Gasteiger partial charge in [0.05, 0.1) is 18.1 Å². The molecule has 1 aromatic rings. The summed E-state index contributed by atoms with van der Waals surface area (Å²) in [6, 6.07) is 4.48. The Morgan fingerprint density at radius 1 is 1.47 bits per heavy atom. The largest absolute Gasteiger partial charge is 0.496 e. The third-order valence-electron chi connectivity index (χ3n) is 3.70. The highest BCUT2D eigenvalue weighted by Crippen LogP contribution is 2.44. The number of benzene rings is 1. The Kier molecular flexibility index (Phi) is 4.02. The van der Waals surface area contributed by atoms with E-state index in [0.29, 0.717) is 24.2 Å². The first-order valence-corrected chi connectivity index (χ1v) is 6.71. The van der Waals surface area contributed by atoms with Gasteiger partial charge in [0.15, 0.2) is 0 Å². The smallest absolute Gasteiger partial charge is 0.335 e. The van der Waals surface area contributed by atoms with Crippen LogP contribution < -0.4 is 4.74 Å². The number of carboxylic acids is 1. The first-order chi connectivity index (χ1) is 8.99. The van der Waals surface area contributed by atoms with Crippen LogP contribution in [0.5, 0.6) is 5.75 Å². The Labute approximate surface area is 117 Å². The molecule has 5 heteroatoms. The van der Waals surface area contributed by atoms with Gasteiger partial charge in [-0.25, -0.2) is 4.79 Å². The average Bonchev–Trinajstić information content (AvgIpc) is 2.41. The Bertz CT molecular complexity index is 488. The third-order valence-corrected chi connectivity index (χ3v) is 4.28. The van der Waals surface area contributed by atoms with Gasteiger partial charge in [-0.1, -0.05) is 12.8 Å². The van der Waals surface area contributed by atoms with E-state index in [4.69, 9.17) is 21.4 Å². The van der Waals surface area contributed by atoms with Gasteiger partial charge >= 0.3 is 5.97 Å². The topological polar surface area (TPSA) is 66.8 Å². The predicted octanol–water partition coefficient (Wildman–Crippen LogP) is 2.76. The van der Waals surface area contributed by atoms with Gasteiger partial charge in [0.1, 0.15) is 11.4 Å². The van der Waals surface area contributed by atoms with Gasteiger partial charge < -0.3 is 14.9 Å². The van der Waals surface area contributed by atoms with Crippen molar-refractivity contribution in [2.75, 3.05) is 7.11 Å². The van der Waals surface area contributed by atoms with Gasteiger partial charge in [-0.2, -0.15) is 0 Å². The lowest BCUT2D eigenvalue weighted by Gasteiger charge is -2.37. The van der Waals surface area contributed by atoms with Crippen LogP contribution in [0, 0.1) is 0 Å². The van der Waals surface area contributed by atoms with E-state index >= 15 is 0 Å². The molecule has 1 aromatic carbocycles. The van der Waals surface area contributed by atoms with Crippen molar-refractivity contribution in [3.63, 3.8) is 0 Å². The molecule has 0 saturated heterocycles. The fraction of sp³-hybridized carbons (Fsp3) is 0.500. The summed E-state index contributed by atoms with van der Waals surface area (Å²) in [6.07, 6.45) is 3.05. The summed E-state index contributed by atoms with van der Waals surface area (Å²) < 4.78 is 5.24. The lowest BCUT2D eigenvalue weighted by Crippen LogP contribution is -2.39. The van der Waals surface area contributed by atoms with Crippen LogP contribution in [0.25, 0.3) is 0 Å². The van der Waals surface area contributed by atoms with Crippen LogP contribution in [0.3, 0.4) is 0 Å². The van der Waals surface area contributed by atoms with Gasteiger partial charge in [-0.05, 0) is 31.0 Å². The summed E-state index contributed by atoms with van der Waals surface area (Å²) in [7, 11) is 1.49. The summed E-state index contributed by atoms with van der Waals surface area (Å²) in [5, 5.41) is 19.5. The molecule has 2 rings (SSSR count). The van der Waals surface area contributed by atoms with Crippen molar-refractivity contribution >= 4 is 17.6 Å². The second-order valence-corrected chi connectivity index (χ2v) is 5.38. The number of hydrogen-bond acceptors (Lipinski definition) is 3. The maximum Gasteiger partial charge on any atom is 0.335 e. The van der Waals surface area contributed by atoms with E-state index < -0.39 is 16.9 Å². The molecule has 1 fully saturated rings. The van der Waals surface area contributed by atoms with Crippen LogP contribution in [0.2, 0.25) is 0 Å². The zero-order valence-corrected chi connectivity index (χ0v) is 11.5. The monoisotopic (exact) mass is 284 g/mol. The lowest BCUT2D eigenvalue weighted by atomic mass is 9.78. The van der Waals surface area contributed by atoms with Crippen molar-refractivity contribution < 1.29 is 19.7 Å². The van der Waals surface area contributed by atoms with Gasteiger partial charge in [0.2, 0.25) is 0 Å². The van der Waals surface area contributed by atoms with Crippen LogP contribution in [-0.4, -0.2) is 28.7 Å². The summed E-state index contributed by atoms with van der Waals surface area (Å²) in [4.78, 5) is 11.1. The Hall–Kier alpha value is -1.26. The van der Waals surface area contributed by atoms with Gasteiger partial charge in [-0.15, -0.1) is 11.6 Å².